The van der Waals surface area contributed by atoms with Crippen LogP contribution in [-0.4, -0.2) is 19.0 Å². The minimum Gasteiger partial charge on any atom is -0.490 e. The lowest BCUT2D eigenvalue weighted by Crippen LogP contribution is -2.16. The first-order valence-electron chi connectivity index (χ1n) is 6.92. The number of ether oxygens (including phenoxy) is 1. The molecule has 2 aromatic carbocycles. The summed E-state index contributed by atoms with van der Waals surface area (Å²) in [4.78, 5) is 5.15. The Kier molecular flexibility index (Phi) is 5.64. The van der Waals surface area contributed by atoms with Crippen LogP contribution >= 0.6 is 0 Å². The van der Waals surface area contributed by atoms with Crippen LogP contribution in [0.15, 0.2) is 59.8 Å². The molecule has 0 aliphatic heterocycles. The number of oxime groups is 1. The zero-order valence-corrected chi connectivity index (χ0v) is 12.2. The summed E-state index contributed by atoms with van der Waals surface area (Å²) in [6, 6.07) is 17.8. The highest BCUT2D eigenvalue weighted by Gasteiger charge is 1.97. The molecule has 0 saturated heterocycles. The summed E-state index contributed by atoms with van der Waals surface area (Å²) in [6.07, 6.45) is 0.583. The van der Waals surface area contributed by atoms with Crippen LogP contribution in [0.25, 0.3) is 0 Å². The summed E-state index contributed by atoms with van der Waals surface area (Å²) in [6.45, 7) is 2.84. The van der Waals surface area contributed by atoms with Crippen LogP contribution in [0.2, 0.25) is 0 Å². The van der Waals surface area contributed by atoms with Gasteiger partial charge in [0.2, 0.25) is 0 Å². The predicted octanol–water partition coefficient (Wildman–Crippen LogP) is 2.91. The van der Waals surface area contributed by atoms with Crippen molar-refractivity contribution in [3.63, 3.8) is 0 Å². The van der Waals surface area contributed by atoms with E-state index in [0.29, 0.717) is 25.5 Å². The summed E-state index contributed by atoms with van der Waals surface area (Å²) >= 11 is 0. The van der Waals surface area contributed by atoms with E-state index >= 15 is 0 Å². The Morgan fingerprint density at radius 2 is 1.71 bits per heavy atom. The number of rotatable bonds is 7. The Hall–Kier alpha value is -2.49. The molecule has 0 unspecified atom stereocenters. The second-order valence-electron chi connectivity index (χ2n) is 4.74. The Morgan fingerprint density at radius 1 is 1.00 bits per heavy atom. The standard InChI is InChI=1S/C17H20N2O2/c1-14-7-9-16(10-8-14)20-11-12-21-19-17(18)13-15-5-3-2-4-6-15/h2-10H,11-13H2,1H3,(H2,18,19). The second-order valence-corrected chi connectivity index (χ2v) is 4.74. The molecule has 4 heteroatoms. The molecule has 4 nitrogen and oxygen atoms in total. The molecule has 0 aliphatic carbocycles. The molecule has 110 valence electrons. The van der Waals surface area contributed by atoms with Crippen molar-refractivity contribution >= 4 is 5.84 Å². The van der Waals surface area contributed by atoms with Crippen LogP contribution in [0.4, 0.5) is 0 Å². The molecule has 0 radical (unpaired) electrons. The first kappa shape index (κ1) is 14.9. The molecule has 2 rings (SSSR count). The molecule has 2 aromatic rings. The number of nitrogens with two attached hydrogens (primary N) is 1. The minimum atomic E-state index is 0.364. The van der Waals surface area contributed by atoms with E-state index in [2.05, 4.69) is 5.16 Å². The number of benzene rings is 2. The van der Waals surface area contributed by atoms with Crippen LogP contribution in [0.3, 0.4) is 0 Å². The number of hydrogen-bond donors (Lipinski definition) is 1. The van der Waals surface area contributed by atoms with E-state index in [1.165, 1.54) is 5.56 Å². The van der Waals surface area contributed by atoms with Gasteiger partial charge in [-0.3, -0.25) is 0 Å². The van der Waals surface area contributed by atoms with Crippen molar-refractivity contribution in [1.29, 1.82) is 0 Å². The number of amidine groups is 1. The molecule has 0 aliphatic rings. The third-order valence-corrected chi connectivity index (χ3v) is 2.87. The van der Waals surface area contributed by atoms with Gasteiger partial charge in [0.1, 0.15) is 18.2 Å². The van der Waals surface area contributed by atoms with Gasteiger partial charge in [-0.05, 0) is 24.6 Å². The zero-order valence-electron chi connectivity index (χ0n) is 12.2. The van der Waals surface area contributed by atoms with Gasteiger partial charge in [0.05, 0.1) is 0 Å². The van der Waals surface area contributed by atoms with Gasteiger partial charge in [-0.2, -0.15) is 0 Å². The predicted molar refractivity (Wildman–Crippen MR) is 84.4 cm³/mol. The van der Waals surface area contributed by atoms with Crippen LogP contribution in [0.5, 0.6) is 5.75 Å². The molecule has 2 N–H and O–H groups in total. The fraction of sp³-hybridized carbons (Fsp3) is 0.235. The molecular weight excluding hydrogens is 264 g/mol. The summed E-state index contributed by atoms with van der Waals surface area (Å²) in [5.74, 6) is 1.28. The summed E-state index contributed by atoms with van der Waals surface area (Å²) < 4.78 is 5.53. The molecule has 0 aromatic heterocycles. The lowest BCUT2D eigenvalue weighted by Gasteiger charge is -2.06. The normalized spacial score (nSPS) is 11.2. The molecule has 0 bridgehead atoms. The van der Waals surface area contributed by atoms with E-state index in [-0.39, 0.29) is 0 Å². The average Bonchev–Trinajstić information content (AvgIpc) is 2.50. The Balaban J connectivity index is 1.66. The molecule has 0 saturated carbocycles. The average molecular weight is 284 g/mol. The van der Waals surface area contributed by atoms with Crippen LogP contribution in [-0.2, 0) is 11.3 Å². The molecule has 0 amide bonds. The van der Waals surface area contributed by atoms with Gasteiger partial charge in [0.25, 0.3) is 0 Å². The highest BCUT2D eigenvalue weighted by Crippen LogP contribution is 2.10. The van der Waals surface area contributed by atoms with Crippen molar-refractivity contribution in [1.82, 2.24) is 0 Å². The van der Waals surface area contributed by atoms with Gasteiger partial charge in [0.15, 0.2) is 6.61 Å². The minimum absolute atomic E-state index is 0.364. The second kappa shape index (κ2) is 7.94. The molecule has 0 heterocycles. The lowest BCUT2D eigenvalue weighted by molar-refractivity contribution is 0.106. The lowest BCUT2D eigenvalue weighted by atomic mass is 10.1. The third-order valence-electron chi connectivity index (χ3n) is 2.87. The van der Waals surface area contributed by atoms with Gasteiger partial charge in [-0.25, -0.2) is 0 Å². The molecule has 0 atom stereocenters. The zero-order chi connectivity index (χ0) is 14.9. The summed E-state index contributed by atoms with van der Waals surface area (Å²) in [5.41, 5.74) is 8.11. The fourth-order valence-electron chi connectivity index (χ4n) is 1.80. The van der Waals surface area contributed by atoms with E-state index in [9.17, 15) is 0 Å². The molecule has 21 heavy (non-hydrogen) atoms. The van der Waals surface area contributed by atoms with Crippen LogP contribution in [0, 0.1) is 6.92 Å². The van der Waals surface area contributed by atoms with Gasteiger partial charge in [0, 0.05) is 6.42 Å². The smallest absolute Gasteiger partial charge is 0.151 e. The van der Waals surface area contributed by atoms with E-state index in [4.69, 9.17) is 15.3 Å². The molecule has 0 spiro atoms. The monoisotopic (exact) mass is 284 g/mol. The maximum Gasteiger partial charge on any atom is 0.151 e. The van der Waals surface area contributed by atoms with Gasteiger partial charge < -0.3 is 15.3 Å². The maximum atomic E-state index is 5.80. The fourth-order valence-corrected chi connectivity index (χ4v) is 1.80. The van der Waals surface area contributed by atoms with Crippen LogP contribution in [0.1, 0.15) is 11.1 Å². The SMILES string of the molecule is Cc1ccc(OCCO/N=C(/N)Cc2ccccc2)cc1. The van der Waals surface area contributed by atoms with Gasteiger partial charge >= 0.3 is 0 Å². The van der Waals surface area contributed by atoms with Crippen molar-refractivity contribution in [2.45, 2.75) is 13.3 Å². The van der Waals surface area contributed by atoms with Crippen molar-refractivity contribution in [3.05, 3.63) is 65.7 Å². The van der Waals surface area contributed by atoms with E-state index in [0.717, 1.165) is 11.3 Å². The van der Waals surface area contributed by atoms with Crippen molar-refractivity contribution < 1.29 is 9.57 Å². The van der Waals surface area contributed by atoms with E-state index in [1.54, 1.807) is 0 Å². The quantitative estimate of drug-likeness (QED) is 0.368. The topological polar surface area (TPSA) is 56.8 Å². The Morgan fingerprint density at radius 3 is 2.43 bits per heavy atom. The first-order chi connectivity index (χ1) is 10.2. The molecule has 0 fully saturated rings. The van der Waals surface area contributed by atoms with Crippen molar-refractivity contribution in [2.75, 3.05) is 13.2 Å². The number of nitrogens with zero attached hydrogens (tertiary/aromatic N) is 1. The number of hydrogen-bond acceptors (Lipinski definition) is 3. The Bertz CT molecular complexity index is 565. The Labute approximate surface area is 125 Å². The summed E-state index contributed by atoms with van der Waals surface area (Å²) in [7, 11) is 0. The van der Waals surface area contributed by atoms with E-state index < -0.39 is 0 Å². The van der Waals surface area contributed by atoms with E-state index in [1.807, 2.05) is 61.5 Å². The first-order valence-corrected chi connectivity index (χ1v) is 6.92. The highest BCUT2D eigenvalue weighted by atomic mass is 16.6. The van der Waals surface area contributed by atoms with Crippen LogP contribution < -0.4 is 10.5 Å². The van der Waals surface area contributed by atoms with Gasteiger partial charge in [-0.1, -0.05) is 53.2 Å². The largest absolute Gasteiger partial charge is 0.490 e. The van der Waals surface area contributed by atoms with Crippen molar-refractivity contribution in [3.8, 4) is 5.75 Å². The summed E-state index contributed by atoms with van der Waals surface area (Å²) in [5, 5.41) is 3.88. The van der Waals surface area contributed by atoms with Gasteiger partial charge in [-0.15, -0.1) is 0 Å². The number of aryl methyl sites for hydroxylation is 1. The maximum absolute atomic E-state index is 5.80. The highest BCUT2D eigenvalue weighted by molar-refractivity contribution is 5.82. The van der Waals surface area contributed by atoms with Crippen molar-refractivity contribution in [2.24, 2.45) is 10.9 Å². The third kappa shape index (κ3) is 5.57. The molecular formula is C17H20N2O2.